The van der Waals surface area contributed by atoms with E-state index in [1.807, 2.05) is 0 Å². The third-order valence-corrected chi connectivity index (χ3v) is 2.47. The van der Waals surface area contributed by atoms with Gasteiger partial charge in [0, 0.05) is 0 Å². The van der Waals surface area contributed by atoms with Gasteiger partial charge in [0.2, 0.25) is 0 Å². The van der Waals surface area contributed by atoms with Crippen LogP contribution < -0.4 is 0 Å². The van der Waals surface area contributed by atoms with Gasteiger partial charge in [-0.05, 0) is 48.5 Å². The zero-order chi connectivity index (χ0) is 14.5. The Morgan fingerprint density at radius 1 is 0.650 bits per heavy atom. The first-order valence-corrected chi connectivity index (χ1v) is 5.58. The van der Waals surface area contributed by atoms with Crippen LogP contribution in [0, 0.1) is 0 Å². The van der Waals surface area contributed by atoms with Crippen LogP contribution in [-0.4, -0.2) is 12.1 Å². The molecule has 0 aliphatic rings. The molecular weight excluding hydrogens is 266 g/mol. The van der Waals surface area contributed by atoms with Crippen molar-refractivity contribution in [3.63, 3.8) is 0 Å². The lowest BCUT2D eigenvalue weighted by Gasteiger charge is -1.96. The zero-order valence-electron chi connectivity index (χ0n) is 10.1. The molecule has 2 aromatic rings. The number of rotatable bonds is 4. The minimum atomic E-state index is -1.51. The average Bonchev–Trinajstić information content (AvgIpc) is 2.46. The van der Waals surface area contributed by atoms with Gasteiger partial charge in [0.25, 0.3) is 0 Å². The van der Waals surface area contributed by atoms with Gasteiger partial charge in [-0.15, -0.1) is 0 Å². The van der Waals surface area contributed by atoms with E-state index in [9.17, 15) is 18.4 Å². The van der Waals surface area contributed by atoms with Crippen molar-refractivity contribution in [3.05, 3.63) is 59.7 Å². The molecule has 100 valence electrons. The summed E-state index contributed by atoms with van der Waals surface area (Å²) in [5.74, 6) is 0. The Bertz CT molecular complexity index is 605. The normalized spacial score (nSPS) is 10.7. The Hall–Kier alpha value is -2.76. The summed E-state index contributed by atoms with van der Waals surface area (Å²) in [5, 5.41) is 7.73. The van der Waals surface area contributed by atoms with E-state index in [0.29, 0.717) is 11.4 Å². The Morgan fingerprint density at radius 2 is 0.950 bits per heavy atom. The van der Waals surface area contributed by atoms with Crippen molar-refractivity contribution >= 4 is 23.4 Å². The number of hydrogen-bond acceptors (Lipinski definition) is 4. The molecule has 0 radical (unpaired) electrons. The second-order valence-electron chi connectivity index (χ2n) is 3.84. The summed E-state index contributed by atoms with van der Waals surface area (Å²) in [7, 11) is 0. The fraction of sp³-hybridized carbons (Fsp3) is 0. The SMILES string of the molecule is O=C(F)c1ccc(N=Nc2ccc(C(=O)F)cc2)cc1. The van der Waals surface area contributed by atoms with E-state index in [1.165, 1.54) is 48.5 Å². The molecule has 0 atom stereocenters. The molecule has 0 amide bonds. The Labute approximate surface area is 112 Å². The molecule has 0 aliphatic heterocycles. The van der Waals surface area contributed by atoms with E-state index in [4.69, 9.17) is 0 Å². The lowest BCUT2D eigenvalue weighted by atomic mass is 10.2. The van der Waals surface area contributed by atoms with E-state index >= 15 is 0 Å². The first-order chi connectivity index (χ1) is 9.56. The molecule has 20 heavy (non-hydrogen) atoms. The van der Waals surface area contributed by atoms with Gasteiger partial charge in [0.15, 0.2) is 0 Å². The fourth-order valence-electron chi connectivity index (χ4n) is 1.43. The summed E-state index contributed by atoms with van der Waals surface area (Å²) in [4.78, 5) is 20.9. The van der Waals surface area contributed by atoms with Crippen molar-refractivity contribution in [3.8, 4) is 0 Å². The minimum absolute atomic E-state index is 0.0604. The molecule has 4 nitrogen and oxygen atoms in total. The van der Waals surface area contributed by atoms with E-state index in [-0.39, 0.29) is 11.1 Å². The number of hydrogen-bond donors (Lipinski definition) is 0. The van der Waals surface area contributed by atoms with E-state index in [1.54, 1.807) is 0 Å². The minimum Gasteiger partial charge on any atom is -0.255 e. The number of azo groups is 1. The molecule has 0 aliphatic carbocycles. The number of halogens is 2. The molecule has 2 rings (SSSR count). The fourth-order valence-corrected chi connectivity index (χ4v) is 1.43. The molecule has 0 fully saturated rings. The van der Waals surface area contributed by atoms with Crippen LogP contribution in [0.4, 0.5) is 20.2 Å². The van der Waals surface area contributed by atoms with Crippen LogP contribution in [0.1, 0.15) is 20.7 Å². The lowest BCUT2D eigenvalue weighted by Crippen LogP contribution is -1.87. The summed E-state index contributed by atoms with van der Waals surface area (Å²) < 4.78 is 24.7. The second kappa shape index (κ2) is 5.92. The molecule has 6 heteroatoms. The first kappa shape index (κ1) is 13.7. The standard InChI is InChI=1S/C14H8F2N2O2/c15-13(19)9-1-5-11(6-2-9)17-18-12-7-3-10(4-8-12)14(16)20/h1-8H. The van der Waals surface area contributed by atoms with Crippen molar-refractivity contribution in [1.29, 1.82) is 0 Å². The highest BCUT2D eigenvalue weighted by Gasteiger charge is 2.03. The molecule has 0 bridgehead atoms. The Morgan fingerprint density at radius 3 is 1.20 bits per heavy atom. The quantitative estimate of drug-likeness (QED) is 0.615. The summed E-state index contributed by atoms with van der Waals surface area (Å²) in [6.07, 6.45) is 0. The van der Waals surface area contributed by atoms with Crippen molar-refractivity contribution in [2.75, 3.05) is 0 Å². The van der Waals surface area contributed by atoms with Crippen LogP contribution in [-0.2, 0) is 0 Å². The van der Waals surface area contributed by atoms with Crippen LogP contribution in [0.2, 0.25) is 0 Å². The second-order valence-corrected chi connectivity index (χ2v) is 3.84. The number of benzene rings is 2. The van der Waals surface area contributed by atoms with Gasteiger partial charge in [0.05, 0.1) is 22.5 Å². The molecule has 0 saturated carbocycles. The van der Waals surface area contributed by atoms with Crippen LogP contribution in [0.3, 0.4) is 0 Å². The van der Waals surface area contributed by atoms with Gasteiger partial charge in [-0.25, -0.2) is 0 Å². The molecule has 2 aromatic carbocycles. The van der Waals surface area contributed by atoms with E-state index in [0.717, 1.165) is 0 Å². The molecular formula is C14H8F2N2O2. The number of carbonyl (C=O) groups is 2. The largest absolute Gasteiger partial charge is 0.332 e. The van der Waals surface area contributed by atoms with Gasteiger partial charge >= 0.3 is 12.1 Å². The predicted molar refractivity (Wildman–Crippen MR) is 67.9 cm³/mol. The molecule has 0 aromatic heterocycles. The van der Waals surface area contributed by atoms with E-state index in [2.05, 4.69) is 10.2 Å². The number of nitrogens with zero attached hydrogens (tertiary/aromatic N) is 2. The highest BCUT2D eigenvalue weighted by atomic mass is 19.1. The van der Waals surface area contributed by atoms with Gasteiger partial charge in [-0.3, -0.25) is 9.59 Å². The predicted octanol–water partition coefficient (Wildman–Crippen LogP) is 4.32. The molecule has 0 spiro atoms. The van der Waals surface area contributed by atoms with Crippen LogP contribution >= 0.6 is 0 Å². The molecule has 0 unspecified atom stereocenters. The lowest BCUT2D eigenvalue weighted by molar-refractivity contribution is 0.0826. The maximum Gasteiger partial charge on any atom is 0.332 e. The summed E-state index contributed by atoms with van der Waals surface area (Å²) in [5.41, 5.74) is 0.741. The van der Waals surface area contributed by atoms with Crippen LogP contribution in [0.25, 0.3) is 0 Å². The smallest absolute Gasteiger partial charge is 0.255 e. The first-order valence-electron chi connectivity index (χ1n) is 5.58. The van der Waals surface area contributed by atoms with Crippen molar-refractivity contribution in [2.24, 2.45) is 10.2 Å². The Kier molecular flexibility index (Phi) is 4.05. The molecule has 0 heterocycles. The highest BCUT2D eigenvalue weighted by molar-refractivity contribution is 5.89. The van der Waals surface area contributed by atoms with Gasteiger partial charge in [0.1, 0.15) is 0 Å². The molecule has 0 saturated heterocycles. The van der Waals surface area contributed by atoms with Crippen molar-refractivity contribution in [1.82, 2.24) is 0 Å². The van der Waals surface area contributed by atoms with Gasteiger partial charge in [-0.1, -0.05) is 0 Å². The zero-order valence-corrected chi connectivity index (χ0v) is 10.1. The van der Waals surface area contributed by atoms with Gasteiger partial charge < -0.3 is 0 Å². The average molecular weight is 274 g/mol. The third-order valence-electron chi connectivity index (χ3n) is 2.47. The maximum atomic E-state index is 12.4. The summed E-state index contributed by atoms with van der Waals surface area (Å²) >= 11 is 0. The van der Waals surface area contributed by atoms with Crippen LogP contribution in [0.15, 0.2) is 58.8 Å². The summed E-state index contributed by atoms with van der Waals surface area (Å²) in [6, 6.07) is 7.91. The number of carbonyl (C=O) groups excluding carboxylic acids is 2. The maximum absolute atomic E-state index is 12.4. The Balaban J connectivity index is 2.12. The highest BCUT2D eigenvalue weighted by Crippen LogP contribution is 2.19. The monoisotopic (exact) mass is 274 g/mol. The van der Waals surface area contributed by atoms with Crippen molar-refractivity contribution < 1.29 is 18.4 Å². The third kappa shape index (κ3) is 3.38. The topological polar surface area (TPSA) is 58.9 Å². The summed E-state index contributed by atoms with van der Waals surface area (Å²) in [6.45, 7) is 0. The van der Waals surface area contributed by atoms with Crippen LogP contribution in [0.5, 0.6) is 0 Å². The van der Waals surface area contributed by atoms with Gasteiger partial charge in [-0.2, -0.15) is 19.0 Å². The van der Waals surface area contributed by atoms with Crippen molar-refractivity contribution in [2.45, 2.75) is 0 Å². The van der Waals surface area contributed by atoms with E-state index < -0.39 is 12.1 Å². The molecule has 0 N–H and O–H groups in total.